The predicted molar refractivity (Wildman–Crippen MR) is 383 cm³/mol. The molecule has 27 heteroatoms. The first kappa shape index (κ1) is 90.7. The summed E-state index contributed by atoms with van der Waals surface area (Å²) in [7, 11) is 11.1. The minimum absolute atomic E-state index is 0.0176. The van der Waals surface area contributed by atoms with E-state index in [1.807, 2.05) is 55.4 Å². The maximum absolute atomic E-state index is 15.4. The Labute approximate surface area is 602 Å². The van der Waals surface area contributed by atoms with Crippen molar-refractivity contribution in [3.05, 3.63) is 12.2 Å². The van der Waals surface area contributed by atoms with Gasteiger partial charge in [-0.05, 0) is 101 Å². The molecule has 9 amide bonds. The second-order valence-electron chi connectivity index (χ2n) is 30.7. The Hall–Kier alpha value is -6.42. The minimum atomic E-state index is -1.69. The standard InChI is InChI=1S/C74H129N9O18/c1-25-26-27-48(13)65(88)64-62(87)37-54(51(16)84)70(93)80(20)59(41-99-24)72(95)78(18)57(33-45(8)9)61(86)36-52(30-42(2)3)69(92)77(17)56(32-44(6)7)60(85)35-49(14)66(89)75-50(15)68(91)79(19)58(34-47(12)39-101-74(97)83-28-29-100-53(38-83)40-98-23)67(90)76-55(31-43(4)5)71(94)81(21)63(46(10)11)73(96)82(64)22/h25-26,42-59,63-65,84,88H,27-41H2,1-24H3,(H,75,89)(H,76,90)/b26-25+/t47-,48+,49+,50+,51+,52?,53+,54-,55?,56?,57-,58-,59-,63?,64+,65+/m0/s1. The second kappa shape index (κ2) is 43.0. The average molecular weight is 1430 g/mol. The number of amides is 9. The van der Waals surface area contributed by atoms with Crippen LogP contribution in [0.5, 0.6) is 0 Å². The molecule has 4 N–H and O–H groups in total. The van der Waals surface area contributed by atoms with E-state index >= 15 is 33.6 Å². The zero-order chi connectivity index (χ0) is 77.4. The van der Waals surface area contributed by atoms with Gasteiger partial charge in [-0.2, -0.15) is 0 Å². The van der Waals surface area contributed by atoms with Crippen molar-refractivity contribution in [2.75, 3.05) is 96.0 Å². The number of likely N-dealkylation sites (N-methyl/N-ethyl adjacent to an activating group) is 6. The van der Waals surface area contributed by atoms with Crippen LogP contribution in [0.2, 0.25) is 0 Å². The van der Waals surface area contributed by atoms with Crippen molar-refractivity contribution in [2.45, 2.75) is 235 Å². The zero-order valence-corrected chi connectivity index (χ0v) is 65.4. The van der Waals surface area contributed by atoms with Crippen molar-refractivity contribution >= 4 is 70.7 Å². The summed E-state index contributed by atoms with van der Waals surface area (Å²) < 4.78 is 22.3. The van der Waals surface area contributed by atoms with Gasteiger partial charge < -0.3 is 74.1 Å². The lowest BCUT2D eigenvalue weighted by atomic mass is 9.85. The number of aliphatic hydroxyl groups excluding tert-OH is 2. The van der Waals surface area contributed by atoms with Gasteiger partial charge in [-0.15, -0.1) is 0 Å². The van der Waals surface area contributed by atoms with Gasteiger partial charge in [-0.3, -0.25) is 52.7 Å². The Morgan fingerprint density at radius 2 is 1.07 bits per heavy atom. The van der Waals surface area contributed by atoms with Crippen LogP contribution in [0, 0.1) is 59.2 Å². The highest BCUT2D eigenvalue weighted by Gasteiger charge is 2.47. The number of allylic oxidation sites excluding steroid dienone is 2. The molecule has 0 aromatic heterocycles. The molecule has 4 unspecified atom stereocenters. The summed E-state index contributed by atoms with van der Waals surface area (Å²) in [4.78, 5) is 187. The van der Waals surface area contributed by atoms with Gasteiger partial charge in [0.15, 0.2) is 17.3 Å². The van der Waals surface area contributed by atoms with E-state index in [9.17, 15) is 34.2 Å². The lowest BCUT2D eigenvalue weighted by Gasteiger charge is -2.40. The number of carbonyl (C=O) groups excluding carboxylic acids is 12. The van der Waals surface area contributed by atoms with E-state index < -0.39 is 180 Å². The molecule has 27 nitrogen and oxygen atoms in total. The van der Waals surface area contributed by atoms with Crippen LogP contribution in [0.3, 0.4) is 0 Å². The third-order valence-electron chi connectivity index (χ3n) is 19.4. The summed E-state index contributed by atoms with van der Waals surface area (Å²) in [5, 5.41) is 29.4. The molecule has 2 aliphatic rings. The molecule has 0 aromatic rings. The number of nitrogens with one attached hydrogen (secondary N) is 2. The molecule has 2 rings (SSSR count). The van der Waals surface area contributed by atoms with E-state index in [4.69, 9.17) is 18.9 Å². The fourth-order valence-corrected chi connectivity index (χ4v) is 13.5. The van der Waals surface area contributed by atoms with Crippen LogP contribution >= 0.6 is 0 Å². The summed E-state index contributed by atoms with van der Waals surface area (Å²) in [6.45, 7) is 28.0. The molecule has 0 aromatic carbocycles. The first-order valence-electron chi connectivity index (χ1n) is 36.3. The van der Waals surface area contributed by atoms with Gasteiger partial charge in [0.25, 0.3) is 0 Å². The number of carbonyl (C=O) groups is 12. The lowest BCUT2D eigenvalue weighted by molar-refractivity contribution is -0.156. The molecule has 0 bridgehead atoms. The first-order valence-corrected chi connectivity index (χ1v) is 36.3. The molecule has 0 aliphatic carbocycles. The van der Waals surface area contributed by atoms with Crippen molar-refractivity contribution in [2.24, 2.45) is 59.2 Å². The van der Waals surface area contributed by atoms with Crippen LogP contribution in [0.25, 0.3) is 0 Å². The van der Waals surface area contributed by atoms with E-state index in [0.717, 1.165) is 14.7 Å². The summed E-state index contributed by atoms with van der Waals surface area (Å²) >= 11 is 0. The molecule has 0 saturated carbocycles. The van der Waals surface area contributed by atoms with Crippen molar-refractivity contribution in [1.82, 2.24) is 44.9 Å². The molecule has 0 spiro atoms. The van der Waals surface area contributed by atoms with Gasteiger partial charge >= 0.3 is 6.09 Å². The molecule has 2 fully saturated rings. The number of hydrogen-bond donors (Lipinski definition) is 4. The molecule has 578 valence electrons. The normalized spacial score (nSPS) is 27.6. The molecular weight excluding hydrogens is 1300 g/mol. The largest absolute Gasteiger partial charge is 0.449 e. The van der Waals surface area contributed by atoms with E-state index in [-0.39, 0.29) is 114 Å². The van der Waals surface area contributed by atoms with Crippen LogP contribution in [0.4, 0.5) is 4.79 Å². The Bertz CT molecular complexity index is 2780. The quantitative estimate of drug-likeness (QED) is 0.103. The number of morpholine rings is 1. The maximum Gasteiger partial charge on any atom is 0.409 e. The van der Waals surface area contributed by atoms with Gasteiger partial charge in [-0.25, -0.2) is 4.79 Å². The number of aliphatic hydroxyl groups is 2. The number of Topliss-reactive ketones (excluding diaryl/α,β-unsaturated/α-hetero) is 3. The number of ketones is 3. The molecule has 2 aliphatic heterocycles. The fraction of sp³-hybridized carbons (Fsp3) is 0.811. The van der Waals surface area contributed by atoms with Crippen LogP contribution in [0.15, 0.2) is 12.2 Å². The number of methoxy groups -OCH3 is 2. The Kier molecular flexibility index (Phi) is 38.6. The molecule has 16 atom stereocenters. The van der Waals surface area contributed by atoms with Gasteiger partial charge in [0.1, 0.15) is 36.3 Å². The highest BCUT2D eigenvalue weighted by Crippen LogP contribution is 2.30. The van der Waals surface area contributed by atoms with Gasteiger partial charge in [-0.1, -0.05) is 102 Å². The highest BCUT2D eigenvalue weighted by molar-refractivity contribution is 6.00. The lowest BCUT2D eigenvalue weighted by Crippen LogP contribution is -2.62. The molecule has 0 radical (unpaired) electrons. The van der Waals surface area contributed by atoms with Gasteiger partial charge in [0, 0.05) is 94.1 Å². The van der Waals surface area contributed by atoms with Crippen LogP contribution in [-0.2, 0) is 71.7 Å². The van der Waals surface area contributed by atoms with Gasteiger partial charge in [0.2, 0.25) is 47.3 Å². The number of nitrogens with zero attached hydrogens (tertiary/aromatic N) is 7. The highest BCUT2D eigenvalue weighted by atomic mass is 16.6. The third-order valence-corrected chi connectivity index (χ3v) is 19.4. The third kappa shape index (κ3) is 27.0. The summed E-state index contributed by atoms with van der Waals surface area (Å²) in [6.07, 6.45) is -1.43. The van der Waals surface area contributed by atoms with Crippen molar-refractivity contribution in [3.8, 4) is 0 Å². The van der Waals surface area contributed by atoms with Crippen LogP contribution < -0.4 is 10.6 Å². The monoisotopic (exact) mass is 1430 g/mol. The van der Waals surface area contributed by atoms with E-state index in [0.29, 0.717) is 0 Å². The smallest absolute Gasteiger partial charge is 0.409 e. The molecule has 2 heterocycles. The topological polar surface area (TPSA) is 329 Å². The molecule has 2 saturated heterocycles. The second-order valence-corrected chi connectivity index (χ2v) is 30.7. The van der Waals surface area contributed by atoms with E-state index in [1.54, 1.807) is 46.8 Å². The summed E-state index contributed by atoms with van der Waals surface area (Å²) in [6, 6.07) is -10.8. The first-order chi connectivity index (χ1) is 47.0. The summed E-state index contributed by atoms with van der Waals surface area (Å²) in [5.74, 6) is -14.0. The number of hydrogen-bond acceptors (Lipinski definition) is 18. The molecule has 101 heavy (non-hydrogen) atoms. The van der Waals surface area contributed by atoms with Crippen LogP contribution in [-0.4, -0.2) is 278 Å². The van der Waals surface area contributed by atoms with E-state index in [2.05, 4.69) is 10.6 Å². The van der Waals surface area contributed by atoms with Gasteiger partial charge in [0.05, 0.1) is 69.3 Å². The Morgan fingerprint density at radius 1 is 0.554 bits per heavy atom. The van der Waals surface area contributed by atoms with Crippen LogP contribution in [0.1, 0.15) is 169 Å². The molecular formula is C74H129N9O18. The van der Waals surface area contributed by atoms with Crippen molar-refractivity contribution < 1.29 is 86.7 Å². The fourth-order valence-electron chi connectivity index (χ4n) is 13.5. The summed E-state index contributed by atoms with van der Waals surface area (Å²) in [5.41, 5.74) is 0. The van der Waals surface area contributed by atoms with Crippen molar-refractivity contribution in [1.29, 1.82) is 0 Å². The van der Waals surface area contributed by atoms with Crippen molar-refractivity contribution in [3.63, 3.8) is 0 Å². The average Bonchev–Trinajstić information content (AvgIpc) is 0.808. The number of rotatable bonds is 22. The SMILES string of the molecule is C/C=C/C[C@@H](C)[C@@H](O)[C@H]1C(=O)C[C@@H]([C@@H](C)O)C(=O)N(C)[C@@H](COC)C(=O)N(C)[C@@H](CC(C)C)C(=O)CC(CC(C)C)C(=O)N(C)C(CC(C)C)C(=O)C[C@@H](C)C(=O)N[C@H](C)C(=O)N(C)[C@@H](C[C@H](C)COC(=O)N2CCO[C@@H](COC)C2)C(=O)NC(CC(C)C)C(=O)N(C)C(C(C)C)C(=O)N1C. The number of ether oxygens (including phenoxy) is 4. The maximum atomic E-state index is 15.4. The van der Waals surface area contributed by atoms with E-state index in [1.165, 1.54) is 96.9 Å². The zero-order valence-electron chi connectivity index (χ0n) is 65.4. The minimum Gasteiger partial charge on any atom is -0.449 e. The predicted octanol–water partition coefficient (Wildman–Crippen LogP) is 5.04. The Balaban J connectivity index is 3.09. The Morgan fingerprint density at radius 3 is 1.58 bits per heavy atom.